The van der Waals surface area contributed by atoms with Crippen LogP contribution in [0.25, 0.3) is 10.9 Å². The molecule has 0 saturated carbocycles. The van der Waals surface area contributed by atoms with Crippen LogP contribution in [0.1, 0.15) is 21.5 Å². The van der Waals surface area contributed by atoms with E-state index < -0.39 is 10.0 Å². The summed E-state index contributed by atoms with van der Waals surface area (Å²) < 4.78 is 26.0. The van der Waals surface area contributed by atoms with E-state index in [1.54, 1.807) is 19.1 Å². The van der Waals surface area contributed by atoms with Gasteiger partial charge >= 0.3 is 0 Å². The Bertz CT molecular complexity index is 1080. The van der Waals surface area contributed by atoms with E-state index in [1.807, 2.05) is 30.5 Å². The lowest BCUT2D eigenvalue weighted by Gasteiger charge is -2.14. The third kappa shape index (κ3) is 3.89. The van der Waals surface area contributed by atoms with Crippen LogP contribution in [0.15, 0.2) is 53.6 Å². The summed E-state index contributed by atoms with van der Waals surface area (Å²) in [5.74, 6) is -0.287. The molecule has 0 saturated heterocycles. The maximum Gasteiger partial charge on any atom is 0.251 e. The molecule has 2 N–H and O–H groups in total. The van der Waals surface area contributed by atoms with Crippen molar-refractivity contribution in [2.75, 3.05) is 20.6 Å². The molecule has 142 valence electrons. The summed E-state index contributed by atoms with van der Waals surface area (Å²) in [5.41, 5.74) is 3.14. The minimum Gasteiger partial charge on any atom is -0.361 e. The number of H-pyrrole nitrogens is 1. The van der Waals surface area contributed by atoms with E-state index in [-0.39, 0.29) is 10.8 Å². The third-order valence-corrected chi connectivity index (χ3v) is 6.52. The number of fused-ring (bicyclic) bond motifs is 1. The summed E-state index contributed by atoms with van der Waals surface area (Å²) >= 11 is 0. The number of aromatic nitrogens is 1. The van der Waals surface area contributed by atoms with Gasteiger partial charge in [-0.05, 0) is 42.7 Å². The van der Waals surface area contributed by atoms with Crippen molar-refractivity contribution in [3.05, 3.63) is 65.4 Å². The number of amides is 1. The molecule has 3 aromatic rings. The molecule has 0 fully saturated rings. The lowest BCUT2D eigenvalue weighted by molar-refractivity contribution is 0.0954. The van der Waals surface area contributed by atoms with Gasteiger partial charge in [-0.1, -0.05) is 24.3 Å². The molecular weight excluding hydrogens is 362 g/mol. The summed E-state index contributed by atoms with van der Waals surface area (Å²) in [4.78, 5) is 15.8. The number of hydrogen-bond acceptors (Lipinski definition) is 3. The molecule has 0 atom stereocenters. The van der Waals surface area contributed by atoms with Crippen LogP contribution in [-0.2, 0) is 16.4 Å². The molecule has 27 heavy (non-hydrogen) atoms. The Kier molecular flexibility index (Phi) is 5.34. The van der Waals surface area contributed by atoms with E-state index in [0.29, 0.717) is 24.1 Å². The van der Waals surface area contributed by atoms with Gasteiger partial charge in [-0.25, -0.2) is 12.7 Å². The van der Waals surface area contributed by atoms with E-state index in [2.05, 4.69) is 10.3 Å². The maximum absolute atomic E-state index is 12.5. The smallest absolute Gasteiger partial charge is 0.251 e. The van der Waals surface area contributed by atoms with Crippen LogP contribution >= 0.6 is 0 Å². The molecule has 1 aromatic heterocycles. The van der Waals surface area contributed by atoms with E-state index >= 15 is 0 Å². The van der Waals surface area contributed by atoms with Crippen LogP contribution in [0.3, 0.4) is 0 Å². The lowest BCUT2D eigenvalue weighted by atomic mass is 10.1. The molecular formula is C20H23N3O3S. The van der Waals surface area contributed by atoms with Crippen LogP contribution in [0.2, 0.25) is 0 Å². The molecule has 0 aliphatic rings. The van der Waals surface area contributed by atoms with E-state index in [0.717, 1.165) is 20.8 Å². The number of para-hydroxylation sites is 1. The SMILES string of the molecule is Cc1ccc(C(=O)NCCc2c[nH]c3ccccc23)cc1S(=O)(=O)N(C)C. The van der Waals surface area contributed by atoms with Gasteiger partial charge in [-0.2, -0.15) is 0 Å². The van der Waals surface area contributed by atoms with Crippen LogP contribution in [-0.4, -0.2) is 44.3 Å². The van der Waals surface area contributed by atoms with Crippen molar-refractivity contribution >= 4 is 26.8 Å². The summed E-state index contributed by atoms with van der Waals surface area (Å²) in [7, 11) is -0.645. The Morgan fingerprint density at radius 2 is 1.89 bits per heavy atom. The van der Waals surface area contributed by atoms with Crippen molar-refractivity contribution in [3.8, 4) is 0 Å². The summed E-state index contributed by atoms with van der Waals surface area (Å²) in [6.07, 6.45) is 2.63. The molecule has 2 aromatic carbocycles. The first-order valence-electron chi connectivity index (χ1n) is 8.67. The number of sulfonamides is 1. The molecule has 1 heterocycles. The fourth-order valence-electron chi connectivity index (χ4n) is 2.97. The van der Waals surface area contributed by atoms with Gasteiger partial charge < -0.3 is 10.3 Å². The third-order valence-electron chi connectivity index (χ3n) is 4.56. The van der Waals surface area contributed by atoms with Crippen LogP contribution in [0.5, 0.6) is 0 Å². The highest BCUT2D eigenvalue weighted by Gasteiger charge is 2.21. The predicted molar refractivity (Wildman–Crippen MR) is 106 cm³/mol. The van der Waals surface area contributed by atoms with Gasteiger partial charge in [0.25, 0.3) is 5.91 Å². The first kappa shape index (κ1) is 19.1. The zero-order chi connectivity index (χ0) is 19.6. The molecule has 0 aliphatic heterocycles. The van der Waals surface area contributed by atoms with Gasteiger partial charge in [-0.3, -0.25) is 4.79 Å². The number of aryl methyl sites for hydroxylation is 1. The van der Waals surface area contributed by atoms with Crippen LogP contribution in [0, 0.1) is 6.92 Å². The van der Waals surface area contributed by atoms with Crippen LogP contribution < -0.4 is 5.32 Å². The quantitative estimate of drug-likeness (QED) is 0.684. The Balaban J connectivity index is 1.71. The minimum absolute atomic E-state index is 0.150. The maximum atomic E-state index is 12.5. The number of hydrogen-bond donors (Lipinski definition) is 2. The molecule has 3 rings (SSSR count). The van der Waals surface area contributed by atoms with Gasteiger partial charge in [0.1, 0.15) is 0 Å². The lowest BCUT2D eigenvalue weighted by Crippen LogP contribution is -2.27. The fraction of sp³-hybridized carbons (Fsp3) is 0.250. The zero-order valence-corrected chi connectivity index (χ0v) is 16.4. The average Bonchev–Trinajstić information content (AvgIpc) is 3.05. The van der Waals surface area contributed by atoms with Gasteiger partial charge in [0.15, 0.2) is 0 Å². The van der Waals surface area contributed by atoms with Gasteiger partial charge in [-0.15, -0.1) is 0 Å². The topological polar surface area (TPSA) is 82.3 Å². The van der Waals surface area contributed by atoms with Crippen molar-refractivity contribution in [2.24, 2.45) is 0 Å². The van der Waals surface area contributed by atoms with E-state index in [4.69, 9.17) is 0 Å². The first-order valence-corrected chi connectivity index (χ1v) is 10.1. The average molecular weight is 385 g/mol. The van der Waals surface area contributed by atoms with Gasteiger partial charge in [0.2, 0.25) is 10.0 Å². The van der Waals surface area contributed by atoms with E-state index in [1.165, 1.54) is 20.2 Å². The van der Waals surface area contributed by atoms with E-state index in [9.17, 15) is 13.2 Å². The monoisotopic (exact) mass is 385 g/mol. The van der Waals surface area contributed by atoms with Crippen molar-refractivity contribution in [3.63, 3.8) is 0 Å². The Hall–Kier alpha value is -2.64. The number of nitrogens with zero attached hydrogens (tertiary/aromatic N) is 1. The second-order valence-corrected chi connectivity index (χ2v) is 8.75. The number of aromatic amines is 1. The van der Waals surface area contributed by atoms with Crippen molar-refractivity contribution in [1.82, 2.24) is 14.6 Å². The highest BCUT2D eigenvalue weighted by Crippen LogP contribution is 2.20. The Morgan fingerprint density at radius 1 is 1.15 bits per heavy atom. The molecule has 0 unspecified atom stereocenters. The highest BCUT2D eigenvalue weighted by atomic mass is 32.2. The van der Waals surface area contributed by atoms with Gasteiger partial charge in [0, 0.05) is 43.3 Å². The number of rotatable bonds is 6. The summed E-state index contributed by atoms with van der Waals surface area (Å²) in [5, 5.41) is 4.01. The molecule has 1 amide bonds. The standard InChI is InChI=1S/C20H23N3O3S/c1-14-8-9-15(12-19(14)27(25,26)23(2)3)20(24)21-11-10-16-13-22-18-7-5-4-6-17(16)18/h4-9,12-13,22H,10-11H2,1-3H3,(H,21,24). The molecule has 7 heteroatoms. The first-order chi connectivity index (χ1) is 12.8. The van der Waals surface area contributed by atoms with Crippen molar-refractivity contribution in [2.45, 2.75) is 18.2 Å². The molecule has 6 nitrogen and oxygen atoms in total. The number of carbonyl (C=O) groups is 1. The normalized spacial score (nSPS) is 11.9. The number of carbonyl (C=O) groups excluding carboxylic acids is 1. The Labute approximate surface area is 159 Å². The largest absolute Gasteiger partial charge is 0.361 e. The second kappa shape index (κ2) is 7.54. The Morgan fingerprint density at radius 3 is 2.63 bits per heavy atom. The molecule has 0 bridgehead atoms. The number of nitrogens with one attached hydrogen (secondary N) is 2. The highest BCUT2D eigenvalue weighted by molar-refractivity contribution is 7.89. The number of benzene rings is 2. The zero-order valence-electron chi connectivity index (χ0n) is 15.6. The van der Waals surface area contributed by atoms with Crippen molar-refractivity contribution in [1.29, 1.82) is 0 Å². The fourth-order valence-corrected chi connectivity index (χ4v) is 4.11. The van der Waals surface area contributed by atoms with Crippen LogP contribution in [0.4, 0.5) is 0 Å². The van der Waals surface area contributed by atoms with Crippen molar-refractivity contribution < 1.29 is 13.2 Å². The minimum atomic E-state index is -3.59. The van der Waals surface area contributed by atoms with Gasteiger partial charge in [0.05, 0.1) is 4.90 Å². The summed E-state index contributed by atoms with van der Waals surface area (Å²) in [6, 6.07) is 12.7. The predicted octanol–water partition coefficient (Wildman–Crippen LogP) is 2.70. The second-order valence-electron chi connectivity index (χ2n) is 6.63. The molecule has 0 radical (unpaired) electrons. The summed E-state index contributed by atoms with van der Waals surface area (Å²) in [6.45, 7) is 2.18. The molecule has 0 spiro atoms. The molecule has 0 aliphatic carbocycles.